The van der Waals surface area contributed by atoms with Crippen molar-refractivity contribution in [3.8, 4) is 0 Å². The lowest BCUT2D eigenvalue weighted by atomic mass is 10.1. The normalized spacial score (nSPS) is 14.4. The molecule has 0 rings (SSSR count). The van der Waals surface area contributed by atoms with Crippen molar-refractivity contribution in [2.45, 2.75) is 219 Å². The Balaban J connectivity index is 4.26. The van der Waals surface area contributed by atoms with Crippen LogP contribution in [0, 0.1) is 0 Å². The first kappa shape index (κ1) is 51.7. The number of amides is 1. The second-order valence-electron chi connectivity index (χ2n) is 14.9. The number of aliphatic hydroxyl groups excluding tert-OH is 1. The number of carbonyl (C=O) groups is 1. The number of rotatable bonds is 41. The van der Waals surface area contributed by atoms with E-state index >= 15 is 0 Å². The summed E-state index contributed by atoms with van der Waals surface area (Å²) in [6, 6.07) is -0.878. The van der Waals surface area contributed by atoms with Crippen LogP contribution in [-0.2, 0) is 18.4 Å². The quantitative estimate of drug-likeness (QED) is 0.0277. The summed E-state index contributed by atoms with van der Waals surface area (Å²) in [6.45, 7) is 4.11. The molecule has 53 heavy (non-hydrogen) atoms. The van der Waals surface area contributed by atoms with E-state index in [0.29, 0.717) is 6.42 Å². The van der Waals surface area contributed by atoms with Gasteiger partial charge in [0.1, 0.15) is 0 Å². The van der Waals surface area contributed by atoms with Gasteiger partial charge in [-0.15, -0.1) is 0 Å². The first-order chi connectivity index (χ1) is 25.9. The highest BCUT2D eigenvalue weighted by Crippen LogP contribution is 2.43. The second-order valence-corrected chi connectivity index (χ2v) is 16.3. The third-order valence-electron chi connectivity index (χ3n) is 9.69. The van der Waals surface area contributed by atoms with Crippen LogP contribution in [0.5, 0.6) is 0 Å². The number of phosphoric ester groups is 1. The van der Waals surface area contributed by atoms with Gasteiger partial charge in [0.2, 0.25) is 5.91 Å². The lowest BCUT2D eigenvalue weighted by molar-refractivity contribution is -0.123. The standard InChI is InChI=1S/C44H85N2O6P/c1-3-5-7-9-11-13-15-17-19-21-23-25-27-29-31-33-35-37-43(47)42(41-52-53(49,50)51-40-39-45)46-44(48)38-36-34-32-30-28-26-24-22-20-18-16-14-12-10-8-6-4-2/h18,20,27,29,35,37,42-43,47H,3-17,19,21-26,28,30-34,36,38-41,45H2,1-2H3,(H,46,48)(H,49,50)/b20-18-,29-27+,37-35+. The zero-order valence-corrected chi connectivity index (χ0v) is 35.4. The molecule has 0 aromatic carbocycles. The Morgan fingerprint density at radius 1 is 0.604 bits per heavy atom. The third kappa shape index (κ3) is 38.8. The molecule has 0 aliphatic heterocycles. The van der Waals surface area contributed by atoms with Crippen molar-refractivity contribution in [3.05, 3.63) is 36.5 Å². The fourth-order valence-corrected chi connectivity index (χ4v) is 7.08. The van der Waals surface area contributed by atoms with Gasteiger partial charge in [-0.2, -0.15) is 0 Å². The summed E-state index contributed by atoms with van der Waals surface area (Å²) in [4.78, 5) is 22.7. The summed E-state index contributed by atoms with van der Waals surface area (Å²) in [5.41, 5.74) is 5.37. The van der Waals surface area contributed by atoms with Crippen LogP contribution in [0.2, 0.25) is 0 Å². The Kier molecular flexibility index (Phi) is 39.4. The van der Waals surface area contributed by atoms with Gasteiger partial charge in [-0.3, -0.25) is 13.8 Å². The van der Waals surface area contributed by atoms with Crippen LogP contribution >= 0.6 is 7.82 Å². The average molecular weight is 769 g/mol. The molecule has 0 heterocycles. The van der Waals surface area contributed by atoms with Crippen LogP contribution in [-0.4, -0.2) is 47.8 Å². The van der Waals surface area contributed by atoms with E-state index in [2.05, 4.69) is 43.5 Å². The van der Waals surface area contributed by atoms with Crippen molar-refractivity contribution in [2.75, 3.05) is 19.8 Å². The molecule has 0 fully saturated rings. The van der Waals surface area contributed by atoms with E-state index in [1.807, 2.05) is 6.08 Å². The molecule has 312 valence electrons. The van der Waals surface area contributed by atoms with Crippen molar-refractivity contribution >= 4 is 13.7 Å². The molecule has 0 aromatic heterocycles. The molecule has 0 spiro atoms. The molecule has 0 saturated heterocycles. The first-order valence-corrected chi connectivity index (χ1v) is 23.6. The van der Waals surface area contributed by atoms with E-state index in [1.54, 1.807) is 6.08 Å². The van der Waals surface area contributed by atoms with Crippen molar-refractivity contribution in [1.82, 2.24) is 5.32 Å². The fraction of sp³-hybridized carbons (Fsp3) is 0.841. The molecule has 9 heteroatoms. The highest BCUT2D eigenvalue weighted by atomic mass is 31.2. The average Bonchev–Trinajstić information content (AvgIpc) is 3.14. The lowest BCUT2D eigenvalue weighted by Crippen LogP contribution is -2.45. The molecule has 0 bridgehead atoms. The number of hydrogen-bond acceptors (Lipinski definition) is 6. The Bertz CT molecular complexity index is 928. The topological polar surface area (TPSA) is 131 Å². The van der Waals surface area contributed by atoms with E-state index in [4.69, 9.17) is 14.8 Å². The van der Waals surface area contributed by atoms with Crippen LogP contribution in [0.4, 0.5) is 0 Å². The van der Waals surface area contributed by atoms with Crippen molar-refractivity contribution < 1.29 is 28.4 Å². The molecule has 0 aliphatic carbocycles. The number of hydrogen-bond donors (Lipinski definition) is 4. The third-order valence-corrected chi connectivity index (χ3v) is 10.7. The Morgan fingerprint density at radius 3 is 1.45 bits per heavy atom. The smallest absolute Gasteiger partial charge is 0.387 e. The van der Waals surface area contributed by atoms with E-state index in [1.165, 1.54) is 148 Å². The Labute approximate surface area is 327 Å². The highest BCUT2D eigenvalue weighted by molar-refractivity contribution is 7.47. The number of unbranched alkanes of at least 4 members (excludes halogenated alkanes) is 25. The lowest BCUT2D eigenvalue weighted by Gasteiger charge is -2.23. The highest BCUT2D eigenvalue weighted by Gasteiger charge is 2.26. The van der Waals surface area contributed by atoms with E-state index in [9.17, 15) is 19.4 Å². The van der Waals surface area contributed by atoms with Crippen molar-refractivity contribution in [2.24, 2.45) is 5.73 Å². The van der Waals surface area contributed by atoms with Gasteiger partial charge in [-0.05, 0) is 57.8 Å². The van der Waals surface area contributed by atoms with E-state index in [-0.39, 0.29) is 25.7 Å². The SMILES string of the molecule is CCCCCCCC/C=C\CCCCCCCCCC(=O)NC(COP(=O)(O)OCCN)C(O)/C=C/CC/C=C/CCCCCCCCCCCCC. The van der Waals surface area contributed by atoms with Gasteiger partial charge in [0, 0.05) is 13.0 Å². The molecule has 3 atom stereocenters. The first-order valence-electron chi connectivity index (χ1n) is 22.1. The van der Waals surface area contributed by atoms with E-state index < -0.39 is 20.0 Å². The molecule has 8 nitrogen and oxygen atoms in total. The van der Waals surface area contributed by atoms with Crippen LogP contribution in [0.3, 0.4) is 0 Å². The van der Waals surface area contributed by atoms with Crippen LogP contribution in [0.25, 0.3) is 0 Å². The van der Waals surface area contributed by atoms with Gasteiger partial charge in [0.25, 0.3) is 0 Å². The van der Waals surface area contributed by atoms with Gasteiger partial charge in [-0.25, -0.2) is 4.57 Å². The van der Waals surface area contributed by atoms with Crippen molar-refractivity contribution in [1.29, 1.82) is 0 Å². The molecule has 0 aromatic rings. The molecule has 0 radical (unpaired) electrons. The molecular weight excluding hydrogens is 683 g/mol. The number of allylic oxidation sites excluding steroid dienone is 5. The largest absolute Gasteiger partial charge is 0.472 e. The van der Waals surface area contributed by atoms with Crippen LogP contribution in [0.1, 0.15) is 206 Å². The monoisotopic (exact) mass is 769 g/mol. The maximum absolute atomic E-state index is 12.8. The summed E-state index contributed by atoms with van der Waals surface area (Å²) in [6.07, 6.45) is 47.6. The summed E-state index contributed by atoms with van der Waals surface area (Å²) >= 11 is 0. The molecule has 5 N–H and O–H groups in total. The zero-order chi connectivity index (χ0) is 38.9. The molecule has 3 unspecified atom stereocenters. The number of nitrogens with one attached hydrogen (secondary N) is 1. The summed E-state index contributed by atoms with van der Waals surface area (Å²) in [5, 5.41) is 13.6. The van der Waals surface area contributed by atoms with Gasteiger partial charge >= 0.3 is 7.82 Å². The minimum absolute atomic E-state index is 0.0733. The van der Waals surface area contributed by atoms with E-state index in [0.717, 1.165) is 38.5 Å². The van der Waals surface area contributed by atoms with Crippen molar-refractivity contribution in [3.63, 3.8) is 0 Å². The van der Waals surface area contributed by atoms with Gasteiger partial charge in [0.05, 0.1) is 25.4 Å². The number of nitrogens with two attached hydrogens (primary N) is 1. The van der Waals surface area contributed by atoms with Gasteiger partial charge in [-0.1, -0.05) is 179 Å². The zero-order valence-electron chi connectivity index (χ0n) is 34.5. The molecule has 1 amide bonds. The predicted molar refractivity (Wildman–Crippen MR) is 226 cm³/mol. The summed E-state index contributed by atoms with van der Waals surface area (Å²) < 4.78 is 22.1. The van der Waals surface area contributed by atoms with Crippen LogP contribution in [0.15, 0.2) is 36.5 Å². The number of carbonyl (C=O) groups excluding carboxylic acids is 1. The molecule has 0 saturated carbocycles. The minimum Gasteiger partial charge on any atom is -0.387 e. The number of phosphoric acid groups is 1. The molecule has 0 aliphatic rings. The second kappa shape index (κ2) is 40.4. The Morgan fingerprint density at radius 2 is 1.00 bits per heavy atom. The summed E-state index contributed by atoms with van der Waals surface area (Å²) in [5.74, 6) is -0.209. The van der Waals surface area contributed by atoms with Crippen LogP contribution < -0.4 is 11.1 Å². The Hall–Kier alpha value is -1.28. The predicted octanol–water partition coefficient (Wildman–Crippen LogP) is 12.3. The maximum Gasteiger partial charge on any atom is 0.472 e. The summed E-state index contributed by atoms with van der Waals surface area (Å²) in [7, 11) is -4.35. The molecular formula is C44H85N2O6P. The van der Waals surface area contributed by atoms with Gasteiger partial charge < -0.3 is 21.1 Å². The fourth-order valence-electron chi connectivity index (χ4n) is 6.32. The minimum atomic E-state index is -4.35. The maximum atomic E-state index is 12.8. The number of aliphatic hydroxyl groups is 1. The van der Waals surface area contributed by atoms with Gasteiger partial charge in [0.15, 0.2) is 0 Å².